The maximum atomic E-state index is 12.7. The zero-order chi connectivity index (χ0) is 35.1. The van der Waals surface area contributed by atoms with E-state index < -0.39 is 0 Å². The number of unbranched alkanes of at least 4 members (excludes halogenated alkanes) is 4. The van der Waals surface area contributed by atoms with Gasteiger partial charge in [-0.1, -0.05) is 136 Å². The third kappa shape index (κ3) is 12.7. The number of Topliss-reactive ketones (excluding diaryl/α,β-unsaturated/α-hetero) is 1. The molecule has 0 fully saturated rings. The molecule has 0 saturated carbocycles. The molecular formula is C42H68N2O2. The van der Waals surface area contributed by atoms with Crippen LogP contribution in [0.3, 0.4) is 0 Å². The molecule has 0 aliphatic heterocycles. The van der Waals surface area contributed by atoms with Crippen LogP contribution >= 0.6 is 0 Å². The summed E-state index contributed by atoms with van der Waals surface area (Å²) < 4.78 is 2.49. The van der Waals surface area contributed by atoms with Gasteiger partial charge in [-0.15, -0.1) is 0 Å². The predicted octanol–water partition coefficient (Wildman–Crippen LogP) is 9.42. The number of nitrogens with zero attached hydrogens (tertiary/aromatic N) is 1. The zero-order valence-electron chi connectivity index (χ0n) is 31.5. The third-order valence-corrected chi connectivity index (χ3v) is 8.85. The van der Waals surface area contributed by atoms with Crippen LogP contribution in [0.4, 0.5) is 0 Å². The number of allylic oxidation sites excluding steroid dienone is 3. The minimum atomic E-state index is 0.0376. The standard InChI is InChI=1S/C36H49NO2.C3H8.C2H6.CH5N/c1-7-10-11-12-14-17-26(4)27(5)22-23-37-32(9-3)31(8-2)36(35-28(6)34(39)24-30(35)25-38)33(37)21-20-29-18-15-13-16-19-29;1-3-2;2*1-2/h8-9,13,15-16,18-19,26-27H,7,10-12,14,17,20-24H2,1-6H3;3H2,1-2H3;1-2H3;2H2,1H3/b31-8+,32-9+;;;. The molecule has 46 heavy (non-hydrogen) atoms. The van der Waals surface area contributed by atoms with Crippen LogP contribution in [0.2, 0.25) is 0 Å². The van der Waals surface area contributed by atoms with E-state index in [-0.39, 0.29) is 12.2 Å². The Hall–Kier alpha value is -2.94. The summed E-state index contributed by atoms with van der Waals surface area (Å²) in [5.41, 5.74) is 10.1. The van der Waals surface area contributed by atoms with E-state index in [1.807, 2.05) is 20.8 Å². The highest BCUT2D eigenvalue weighted by atomic mass is 16.1. The summed E-state index contributed by atoms with van der Waals surface area (Å²) in [4.78, 5) is 24.7. The van der Waals surface area contributed by atoms with Crippen LogP contribution in [-0.2, 0) is 29.0 Å². The van der Waals surface area contributed by atoms with E-state index in [1.165, 1.54) is 68.6 Å². The summed E-state index contributed by atoms with van der Waals surface area (Å²) in [5.74, 6) is 3.49. The molecule has 2 atom stereocenters. The number of benzene rings is 1. The average Bonchev–Trinajstić information content (AvgIpc) is 3.55. The molecule has 0 spiro atoms. The van der Waals surface area contributed by atoms with Gasteiger partial charge in [-0.2, -0.15) is 0 Å². The van der Waals surface area contributed by atoms with Crippen molar-refractivity contribution in [2.24, 2.45) is 17.6 Å². The molecule has 258 valence electrons. The molecule has 1 aliphatic carbocycles. The summed E-state index contributed by atoms with van der Waals surface area (Å²) in [6, 6.07) is 10.6. The molecule has 1 aliphatic rings. The third-order valence-electron chi connectivity index (χ3n) is 8.85. The molecule has 4 heteroatoms. The number of aromatic nitrogens is 1. The Balaban J connectivity index is 0.00000268. The maximum Gasteiger partial charge on any atom is 0.164 e. The minimum absolute atomic E-state index is 0.0376. The summed E-state index contributed by atoms with van der Waals surface area (Å²) in [6.07, 6.45) is 16.6. The lowest BCUT2D eigenvalue weighted by Crippen LogP contribution is -2.31. The summed E-state index contributed by atoms with van der Waals surface area (Å²) in [7, 11) is 1.50. The molecule has 0 radical (unpaired) electrons. The molecule has 0 bridgehead atoms. The lowest BCUT2D eigenvalue weighted by atomic mass is 9.88. The number of carbonyl (C=O) groups excluding carboxylic acids is 2. The largest absolute Gasteiger partial charge is 0.344 e. The second-order valence-electron chi connectivity index (χ2n) is 12.2. The van der Waals surface area contributed by atoms with Crippen LogP contribution < -0.4 is 16.3 Å². The Bertz CT molecular complexity index is 1340. The molecule has 0 amide bonds. The monoisotopic (exact) mass is 633 g/mol. The zero-order valence-corrected chi connectivity index (χ0v) is 31.5. The van der Waals surface area contributed by atoms with Gasteiger partial charge in [0.1, 0.15) is 5.94 Å². The van der Waals surface area contributed by atoms with Gasteiger partial charge in [0.15, 0.2) is 5.78 Å². The van der Waals surface area contributed by atoms with Gasteiger partial charge in [0, 0.05) is 45.9 Å². The minimum Gasteiger partial charge on any atom is -0.344 e. The number of hydrogen-bond acceptors (Lipinski definition) is 3. The van der Waals surface area contributed by atoms with Crippen molar-refractivity contribution in [3.8, 4) is 0 Å². The molecule has 0 saturated heterocycles. The first-order chi connectivity index (χ1) is 22.3. The van der Waals surface area contributed by atoms with Gasteiger partial charge in [0.05, 0.1) is 5.57 Å². The fourth-order valence-electron chi connectivity index (χ4n) is 6.16. The van der Waals surface area contributed by atoms with Gasteiger partial charge in [0.2, 0.25) is 0 Å². The number of carbonyl (C=O) groups is 1. The Kier molecular flexibility index (Phi) is 23.6. The van der Waals surface area contributed by atoms with Crippen LogP contribution in [0.25, 0.3) is 17.7 Å². The van der Waals surface area contributed by atoms with Crippen LogP contribution in [0.1, 0.15) is 144 Å². The highest BCUT2D eigenvalue weighted by molar-refractivity contribution is 6.16. The summed E-state index contributed by atoms with van der Waals surface area (Å²) >= 11 is 0. The van der Waals surface area contributed by atoms with Gasteiger partial charge in [-0.05, 0) is 64.5 Å². The van der Waals surface area contributed by atoms with E-state index in [0.717, 1.165) is 42.2 Å². The molecule has 1 aromatic carbocycles. The number of hydrogen-bond donors (Lipinski definition) is 1. The van der Waals surface area contributed by atoms with Gasteiger partial charge < -0.3 is 10.3 Å². The Morgan fingerprint density at radius 1 is 0.891 bits per heavy atom. The molecule has 3 rings (SSSR count). The van der Waals surface area contributed by atoms with Crippen LogP contribution in [0.5, 0.6) is 0 Å². The lowest BCUT2D eigenvalue weighted by Gasteiger charge is -2.21. The van der Waals surface area contributed by atoms with Crippen LogP contribution in [0, 0.1) is 11.8 Å². The van der Waals surface area contributed by atoms with E-state index in [9.17, 15) is 9.59 Å². The van der Waals surface area contributed by atoms with Crippen molar-refractivity contribution in [1.82, 2.24) is 4.57 Å². The number of aryl methyl sites for hydroxylation is 1. The Morgan fingerprint density at radius 3 is 2.02 bits per heavy atom. The van der Waals surface area contributed by atoms with Gasteiger partial charge >= 0.3 is 0 Å². The van der Waals surface area contributed by atoms with Crippen molar-refractivity contribution in [3.05, 3.63) is 68.9 Å². The van der Waals surface area contributed by atoms with Crippen molar-refractivity contribution >= 4 is 29.4 Å². The van der Waals surface area contributed by atoms with E-state index >= 15 is 0 Å². The van der Waals surface area contributed by atoms with Crippen LogP contribution in [0.15, 0.2) is 41.5 Å². The highest BCUT2D eigenvalue weighted by Crippen LogP contribution is 2.35. The normalized spacial score (nSPS) is 14.5. The second kappa shape index (κ2) is 25.2. The quantitative estimate of drug-likeness (QED) is 0.167. The summed E-state index contributed by atoms with van der Waals surface area (Å²) in [6.45, 7) is 22.3. The smallest absolute Gasteiger partial charge is 0.164 e. The number of ketones is 1. The van der Waals surface area contributed by atoms with Crippen molar-refractivity contribution in [1.29, 1.82) is 0 Å². The van der Waals surface area contributed by atoms with Crippen molar-refractivity contribution < 1.29 is 9.59 Å². The first-order valence-corrected chi connectivity index (χ1v) is 18.2. The predicted molar refractivity (Wildman–Crippen MR) is 203 cm³/mol. The first kappa shape index (κ1) is 43.1. The Labute approximate surface area is 283 Å². The fourth-order valence-corrected chi connectivity index (χ4v) is 6.16. The van der Waals surface area contributed by atoms with E-state index in [1.54, 1.807) is 0 Å². The number of rotatable bonds is 14. The molecule has 1 heterocycles. The molecule has 2 N–H and O–H groups in total. The summed E-state index contributed by atoms with van der Waals surface area (Å²) in [5, 5.41) is 2.33. The maximum absolute atomic E-state index is 12.7. The second-order valence-corrected chi connectivity index (χ2v) is 12.2. The van der Waals surface area contributed by atoms with Gasteiger partial charge in [-0.25, -0.2) is 4.79 Å². The molecule has 1 aromatic heterocycles. The molecular weight excluding hydrogens is 564 g/mol. The molecule has 4 nitrogen and oxygen atoms in total. The number of nitrogens with two attached hydrogens (primary N) is 1. The SMILES string of the molecule is C/C=c1/c(C2=C(C)C(=O)CC2=C=O)c(CCc2ccccc2)n(CCC(C)C(C)CCCCCCC)/c1=C/C.CC.CCC.CN. The first-order valence-electron chi connectivity index (χ1n) is 18.2. The van der Waals surface area contributed by atoms with Gasteiger partial charge in [-0.3, -0.25) is 4.79 Å². The van der Waals surface area contributed by atoms with Crippen molar-refractivity contribution in [3.63, 3.8) is 0 Å². The van der Waals surface area contributed by atoms with Crippen LogP contribution in [-0.4, -0.2) is 23.3 Å². The van der Waals surface area contributed by atoms with E-state index in [4.69, 9.17) is 0 Å². The highest BCUT2D eigenvalue weighted by Gasteiger charge is 2.30. The van der Waals surface area contributed by atoms with Crippen molar-refractivity contribution in [2.75, 3.05) is 7.05 Å². The Morgan fingerprint density at radius 2 is 1.48 bits per heavy atom. The fraction of sp³-hybridized carbons (Fsp3) is 0.595. The molecule has 2 aromatic rings. The van der Waals surface area contributed by atoms with E-state index in [2.05, 4.69) is 107 Å². The lowest BCUT2D eigenvalue weighted by molar-refractivity contribution is -0.114. The topological polar surface area (TPSA) is 65.1 Å². The van der Waals surface area contributed by atoms with E-state index in [0.29, 0.717) is 23.0 Å². The van der Waals surface area contributed by atoms with Crippen molar-refractivity contribution in [2.45, 2.75) is 146 Å². The van der Waals surface area contributed by atoms with Gasteiger partial charge in [0.25, 0.3) is 0 Å². The molecule has 2 unspecified atom stereocenters. The average molecular weight is 633 g/mol.